The summed E-state index contributed by atoms with van der Waals surface area (Å²) < 4.78 is 5.05. The number of amides is 1. The van der Waals surface area contributed by atoms with Crippen molar-refractivity contribution in [2.24, 2.45) is 5.73 Å². The number of benzene rings is 1. The molecule has 0 bridgehead atoms. The summed E-state index contributed by atoms with van der Waals surface area (Å²) in [5.41, 5.74) is 5.89. The lowest BCUT2D eigenvalue weighted by Gasteiger charge is -2.12. The fourth-order valence-corrected chi connectivity index (χ4v) is 1.14. The predicted molar refractivity (Wildman–Crippen MR) is 60.3 cm³/mol. The highest BCUT2D eigenvalue weighted by molar-refractivity contribution is 6.10. The van der Waals surface area contributed by atoms with Crippen molar-refractivity contribution in [2.75, 3.05) is 12.4 Å². The van der Waals surface area contributed by atoms with E-state index in [1.165, 1.54) is 14.0 Å². The van der Waals surface area contributed by atoms with E-state index in [4.69, 9.17) is 10.5 Å². The molecule has 0 aliphatic rings. The smallest absolute Gasteiger partial charge is 0.249 e. The van der Waals surface area contributed by atoms with Crippen molar-refractivity contribution in [3.05, 3.63) is 24.3 Å². The zero-order valence-corrected chi connectivity index (χ0v) is 9.19. The Morgan fingerprint density at radius 1 is 1.38 bits per heavy atom. The van der Waals surface area contributed by atoms with Crippen LogP contribution in [0.3, 0.4) is 0 Å². The fraction of sp³-hybridized carbons (Fsp3) is 0.273. The van der Waals surface area contributed by atoms with Crippen molar-refractivity contribution in [3.8, 4) is 5.75 Å². The van der Waals surface area contributed by atoms with Crippen LogP contribution in [0, 0.1) is 0 Å². The summed E-state index contributed by atoms with van der Waals surface area (Å²) in [5.74, 6) is -0.406. The molecule has 1 unspecified atom stereocenters. The molecule has 0 aliphatic heterocycles. The van der Waals surface area contributed by atoms with Crippen molar-refractivity contribution in [2.45, 2.75) is 13.0 Å². The Balaban J connectivity index is 2.80. The van der Waals surface area contributed by atoms with Gasteiger partial charge in [-0.1, -0.05) is 12.1 Å². The highest BCUT2D eigenvalue weighted by Crippen LogP contribution is 2.22. The van der Waals surface area contributed by atoms with Crippen LogP contribution < -0.4 is 15.8 Å². The van der Waals surface area contributed by atoms with Crippen LogP contribution >= 0.6 is 0 Å². The fourth-order valence-electron chi connectivity index (χ4n) is 1.14. The van der Waals surface area contributed by atoms with Crippen molar-refractivity contribution in [1.29, 1.82) is 0 Å². The van der Waals surface area contributed by atoms with Gasteiger partial charge in [-0.05, 0) is 19.1 Å². The van der Waals surface area contributed by atoms with Crippen LogP contribution in [0.15, 0.2) is 24.3 Å². The van der Waals surface area contributed by atoms with Crippen LogP contribution in [0.2, 0.25) is 0 Å². The van der Waals surface area contributed by atoms with Gasteiger partial charge in [-0.3, -0.25) is 9.59 Å². The number of hydrogen-bond donors (Lipinski definition) is 2. The molecule has 0 spiro atoms. The molecule has 3 N–H and O–H groups in total. The van der Waals surface area contributed by atoms with E-state index in [1.54, 1.807) is 24.3 Å². The minimum atomic E-state index is -1.15. The van der Waals surface area contributed by atoms with Crippen LogP contribution in [0.4, 0.5) is 5.69 Å². The summed E-state index contributed by atoms with van der Waals surface area (Å²) in [5, 5.41) is 2.53. The van der Waals surface area contributed by atoms with Crippen LogP contribution in [-0.4, -0.2) is 24.8 Å². The van der Waals surface area contributed by atoms with E-state index in [0.717, 1.165) is 0 Å². The number of ether oxygens (including phenoxy) is 1. The molecule has 0 aromatic heterocycles. The van der Waals surface area contributed by atoms with Crippen molar-refractivity contribution in [1.82, 2.24) is 0 Å². The second-order valence-electron chi connectivity index (χ2n) is 3.28. The topological polar surface area (TPSA) is 81.4 Å². The molecule has 1 amide bonds. The maximum Gasteiger partial charge on any atom is 0.249 e. The first-order valence-electron chi connectivity index (χ1n) is 4.76. The summed E-state index contributed by atoms with van der Waals surface area (Å²) in [6, 6.07) is 5.75. The number of methoxy groups -OCH3 is 1. The summed E-state index contributed by atoms with van der Waals surface area (Å²) >= 11 is 0. The zero-order valence-electron chi connectivity index (χ0n) is 9.19. The third kappa shape index (κ3) is 2.80. The first-order valence-corrected chi connectivity index (χ1v) is 4.76. The van der Waals surface area contributed by atoms with E-state index < -0.39 is 11.9 Å². The Bertz CT molecular complexity index is 404. The zero-order chi connectivity index (χ0) is 12.1. The molecule has 5 nitrogen and oxygen atoms in total. The maximum absolute atomic E-state index is 11.5. The molecule has 1 atom stereocenters. The van der Waals surface area contributed by atoms with E-state index in [2.05, 4.69) is 5.32 Å². The molecule has 0 saturated carbocycles. The van der Waals surface area contributed by atoms with Gasteiger partial charge in [-0.2, -0.15) is 0 Å². The van der Waals surface area contributed by atoms with Crippen molar-refractivity contribution in [3.63, 3.8) is 0 Å². The number of carbonyl (C=O) groups excluding carboxylic acids is 2. The molecule has 16 heavy (non-hydrogen) atoms. The van der Waals surface area contributed by atoms with Crippen LogP contribution in [0.5, 0.6) is 5.75 Å². The van der Waals surface area contributed by atoms with E-state index in [0.29, 0.717) is 11.4 Å². The molecule has 0 fully saturated rings. The molecule has 0 heterocycles. The van der Waals surface area contributed by atoms with Gasteiger partial charge in [0.15, 0.2) is 5.78 Å². The van der Waals surface area contributed by atoms with Gasteiger partial charge in [0.05, 0.1) is 12.8 Å². The Hall–Kier alpha value is -1.88. The molecule has 0 saturated heterocycles. The monoisotopic (exact) mass is 222 g/mol. The number of nitrogens with two attached hydrogens (primary N) is 1. The highest BCUT2D eigenvalue weighted by Gasteiger charge is 2.18. The summed E-state index contributed by atoms with van der Waals surface area (Å²) in [4.78, 5) is 22.4. The van der Waals surface area contributed by atoms with Gasteiger partial charge in [-0.15, -0.1) is 0 Å². The summed E-state index contributed by atoms with van der Waals surface area (Å²) in [6.07, 6.45) is 0. The van der Waals surface area contributed by atoms with Gasteiger partial charge in [0.2, 0.25) is 5.91 Å². The first-order chi connectivity index (χ1) is 7.56. The van der Waals surface area contributed by atoms with E-state index in [9.17, 15) is 9.59 Å². The largest absolute Gasteiger partial charge is 0.495 e. The lowest BCUT2D eigenvalue weighted by Crippen LogP contribution is -2.41. The SMILES string of the molecule is COc1ccccc1NC(=O)C(N)C(C)=O. The molecule has 0 radical (unpaired) electrons. The average molecular weight is 222 g/mol. The number of ketones is 1. The number of hydrogen-bond acceptors (Lipinski definition) is 4. The number of Topliss-reactive ketones (excluding diaryl/α,β-unsaturated/α-hetero) is 1. The van der Waals surface area contributed by atoms with Gasteiger partial charge in [0, 0.05) is 0 Å². The molecular formula is C11H14N2O3. The second kappa shape index (κ2) is 5.27. The van der Waals surface area contributed by atoms with Gasteiger partial charge >= 0.3 is 0 Å². The van der Waals surface area contributed by atoms with Crippen molar-refractivity contribution >= 4 is 17.4 Å². The first kappa shape index (κ1) is 12.2. The lowest BCUT2D eigenvalue weighted by molar-refractivity contribution is -0.126. The van der Waals surface area contributed by atoms with E-state index in [-0.39, 0.29) is 5.78 Å². The molecule has 1 rings (SSSR count). The van der Waals surface area contributed by atoms with Gasteiger partial charge in [0.1, 0.15) is 11.8 Å². The van der Waals surface area contributed by atoms with Gasteiger partial charge in [-0.25, -0.2) is 0 Å². The third-order valence-electron chi connectivity index (χ3n) is 2.09. The number of anilines is 1. The maximum atomic E-state index is 11.5. The normalized spacial score (nSPS) is 11.7. The van der Waals surface area contributed by atoms with Crippen LogP contribution in [-0.2, 0) is 9.59 Å². The predicted octanol–water partition coefficient (Wildman–Crippen LogP) is 0.550. The second-order valence-corrected chi connectivity index (χ2v) is 3.28. The Kier molecular flexibility index (Phi) is 4.02. The summed E-state index contributed by atoms with van der Waals surface area (Å²) in [6.45, 7) is 1.27. The lowest BCUT2D eigenvalue weighted by atomic mass is 10.2. The molecular weight excluding hydrogens is 208 g/mol. The minimum Gasteiger partial charge on any atom is -0.495 e. The molecule has 86 valence electrons. The Morgan fingerprint density at radius 2 is 2.00 bits per heavy atom. The molecule has 0 aliphatic carbocycles. The Labute approximate surface area is 93.6 Å². The van der Waals surface area contributed by atoms with Crippen molar-refractivity contribution < 1.29 is 14.3 Å². The molecule has 1 aromatic carbocycles. The number of rotatable bonds is 4. The van der Waals surface area contributed by atoms with E-state index in [1.807, 2.05) is 0 Å². The van der Waals surface area contributed by atoms with Gasteiger partial charge < -0.3 is 15.8 Å². The minimum absolute atomic E-state index is 0.382. The Morgan fingerprint density at radius 3 is 2.56 bits per heavy atom. The van der Waals surface area contributed by atoms with Gasteiger partial charge in [0.25, 0.3) is 0 Å². The van der Waals surface area contributed by atoms with Crippen LogP contribution in [0.25, 0.3) is 0 Å². The quantitative estimate of drug-likeness (QED) is 0.729. The average Bonchev–Trinajstić information content (AvgIpc) is 2.28. The number of carbonyl (C=O) groups is 2. The third-order valence-corrected chi connectivity index (χ3v) is 2.09. The number of para-hydroxylation sites is 2. The standard InChI is InChI=1S/C11H14N2O3/c1-7(14)10(12)11(15)13-8-5-3-4-6-9(8)16-2/h3-6,10H,12H2,1-2H3,(H,13,15). The highest BCUT2D eigenvalue weighted by atomic mass is 16.5. The molecule has 1 aromatic rings. The summed E-state index contributed by atoms with van der Waals surface area (Å²) in [7, 11) is 1.50. The number of nitrogens with one attached hydrogen (secondary N) is 1. The molecule has 5 heteroatoms. The van der Waals surface area contributed by atoms with Crippen LogP contribution in [0.1, 0.15) is 6.92 Å². The van der Waals surface area contributed by atoms with E-state index >= 15 is 0 Å².